The molecule has 0 aromatic carbocycles. The van der Waals surface area contributed by atoms with Gasteiger partial charge in [0.2, 0.25) is 0 Å². The average molecular weight is 223 g/mol. The lowest BCUT2D eigenvalue weighted by Gasteiger charge is -1.96. The van der Waals surface area contributed by atoms with Crippen molar-refractivity contribution in [3.05, 3.63) is 22.8 Å². The lowest BCUT2D eigenvalue weighted by atomic mass is 10.2. The van der Waals surface area contributed by atoms with Gasteiger partial charge in [-0.1, -0.05) is 53.7 Å². The summed E-state index contributed by atoms with van der Waals surface area (Å²) in [6.07, 6.45) is 9.12. The van der Waals surface area contributed by atoms with Crippen molar-refractivity contribution >= 4 is 12.2 Å². The highest BCUT2D eigenvalue weighted by atomic mass is 14.9. The standard InChI is InChI=1S/C9H11N.3C2H6/c1-10-7-6-8-4-2-3-5-9(8)10;3*1-2/h4-7H,2-3H2,1H3;3*1-2H3. The van der Waals surface area contributed by atoms with Gasteiger partial charge in [-0.3, -0.25) is 0 Å². The van der Waals surface area contributed by atoms with Gasteiger partial charge in [0.25, 0.3) is 0 Å². The second-order valence-corrected chi connectivity index (χ2v) is 2.75. The van der Waals surface area contributed by atoms with Gasteiger partial charge in [-0.05, 0) is 24.1 Å². The third kappa shape index (κ3) is 5.20. The van der Waals surface area contributed by atoms with Crippen molar-refractivity contribution in [2.75, 3.05) is 0 Å². The number of nitrogens with zero attached hydrogens (tertiary/aromatic N) is 1. The zero-order valence-corrected chi connectivity index (χ0v) is 12.2. The van der Waals surface area contributed by atoms with Gasteiger partial charge < -0.3 is 4.57 Å². The molecule has 1 aromatic heterocycles. The van der Waals surface area contributed by atoms with E-state index in [9.17, 15) is 0 Å². The summed E-state index contributed by atoms with van der Waals surface area (Å²) in [6, 6.07) is 2.17. The normalized spacial score (nSPS) is 10.7. The number of rotatable bonds is 0. The Morgan fingerprint density at radius 3 is 1.88 bits per heavy atom. The number of fused-ring (bicyclic) bond motifs is 1. The lowest BCUT2D eigenvalue weighted by molar-refractivity contribution is 0.877. The van der Waals surface area contributed by atoms with Crippen molar-refractivity contribution in [2.24, 2.45) is 7.05 Å². The van der Waals surface area contributed by atoms with Gasteiger partial charge in [-0.2, -0.15) is 0 Å². The Hall–Kier alpha value is -0.980. The summed E-state index contributed by atoms with van der Waals surface area (Å²) in [5, 5.41) is 2.78. The van der Waals surface area contributed by atoms with Crippen LogP contribution in [0.2, 0.25) is 0 Å². The van der Waals surface area contributed by atoms with Crippen molar-refractivity contribution in [1.29, 1.82) is 0 Å². The van der Waals surface area contributed by atoms with E-state index in [4.69, 9.17) is 0 Å². The first kappa shape index (κ1) is 17.4. The molecule has 0 N–H and O–H groups in total. The van der Waals surface area contributed by atoms with E-state index < -0.39 is 0 Å². The maximum absolute atomic E-state index is 2.30. The van der Waals surface area contributed by atoms with E-state index in [0.717, 1.165) is 0 Å². The molecule has 0 amide bonds. The zero-order valence-electron chi connectivity index (χ0n) is 12.2. The number of aryl methyl sites for hydroxylation is 1. The molecule has 1 aliphatic carbocycles. The Morgan fingerprint density at radius 1 is 0.875 bits per heavy atom. The second-order valence-electron chi connectivity index (χ2n) is 2.75. The Morgan fingerprint density at radius 2 is 1.38 bits per heavy atom. The van der Waals surface area contributed by atoms with Crippen LogP contribution in [0.4, 0.5) is 0 Å². The van der Waals surface area contributed by atoms with E-state index >= 15 is 0 Å². The van der Waals surface area contributed by atoms with Crippen LogP contribution in [0, 0.1) is 0 Å². The van der Waals surface area contributed by atoms with E-state index in [1.54, 1.807) is 0 Å². The van der Waals surface area contributed by atoms with Crippen molar-refractivity contribution in [3.63, 3.8) is 0 Å². The van der Waals surface area contributed by atoms with Gasteiger partial charge >= 0.3 is 0 Å². The van der Waals surface area contributed by atoms with Crippen LogP contribution >= 0.6 is 0 Å². The number of hydrogen-bond donors (Lipinski definition) is 0. The molecule has 0 spiro atoms. The molecule has 0 saturated carbocycles. The summed E-state index contributed by atoms with van der Waals surface area (Å²) in [4.78, 5) is 0. The van der Waals surface area contributed by atoms with Gasteiger partial charge in [0.15, 0.2) is 0 Å². The van der Waals surface area contributed by atoms with Gasteiger partial charge in [0.05, 0.1) is 0 Å². The molecule has 1 aliphatic rings. The molecular weight excluding hydrogens is 194 g/mol. The SMILES string of the molecule is CC.CC.CC.Cn1ccc2c1=CCCC=2. The van der Waals surface area contributed by atoms with Crippen LogP contribution in [-0.4, -0.2) is 4.57 Å². The molecular formula is C15H29N. The van der Waals surface area contributed by atoms with Crippen molar-refractivity contribution in [2.45, 2.75) is 54.4 Å². The van der Waals surface area contributed by atoms with Gasteiger partial charge in [-0.25, -0.2) is 0 Å². The molecule has 0 bridgehead atoms. The highest BCUT2D eigenvalue weighted by molar-refractivity contribution is 5.35. The molecule has 0 fully saturated rings. The molecule has 2 rings (SSSR count). The quantitative estimate of drug-likeness (QED) is 0.635. The molecule has 0 unspecified atom stereocenters. The topological polar surface area (TPSA) is 4.93 Å². The highest BCUT2D eigenvalue weighted by Gasteiger charge is 1.94. The first-order chi connectivity index (χ1) is 7.88. The van der Waals surface area contributed by atoms with Crippen molar-refractivity contribution in [1.82, 2.24) is 4.57 Å². The summed E-state index contributed by atoms with van der Waals surface area (Å²) in [7, 11) is 2.09. The van der Waals surface area contributed by atoms with Crippen LogP contribution in [-0.2, 0) is 7.05 Å². The predicted molar refractivity (Wildman–Crippen MR) is 76.9 cm³/mol. The van der Waals surface area contributed by atoms with E-state index in [0.29, 0.717) is 0 Å². The van der Waals surface area contributed by atoms with E-state index in [-0.39, 0.29) is 0 Å². The van der Waals surface area contributed by atoms with Crippen LogP contribution in [0.3, 0.4) is 0 Å². The summed E-state index contributed by atoms with van der Waals surface area (Å²) >= 11 is 0. The van der Waals surface area contributed by atoms with Crippen molar-refractivity contribution < 1.29 is 0 Å². The average Bonchev–Trinajstić information content (AvgIpc) is 2.79. The first-order valence-electron chi connectivity index (χ1n) is 6.69. The smallest absolute Gasteiger partial charge is 0.0433 e. The second kappa shape index (κ2) is 12.1. The summed E-state index contributed by atoms with van der Waals surface area (Å²) in [5.74, 6) is 0. The third-order valence-electron chi connectivity index (χ3n) is 2.02. The van der Waals surface area contributed by atoms with E-state index in [2.05, 4.69) is 36.0 Å². The number of hydrogen-bond acceptors (Lipinski definition) is 0. The Labute approximate surface area is 101 Å². The fourth-order valence-electron chi connectivity index (χ4n) is 1.45. The highest BCUT2D eigenvalue weighted by Crippen LogP contribution is 1.93. The molecule has 16 heavy (non-hydrogen) atoms. The van der Waals surface area contributed by atoms with Gasteiger partial charge in [0, 0.05) is 18.6 Å². The minimum atomic E-state index is 1.20. The van der Waals surface area contributed by atoms with E-state index in [1.807, 2.05) is 41.5 Å². The van der Waals surface area contributed by atoms with Crippen molar-refractivity contribution in [3.8, 4) is 0 Å². The maximum Gasteiger partial charge on any atom is 0.0433 e. The minimum absolute atomic E-state index is 1.20. The zero-order chi connectivity index (χ0) is 13.0. The van der Waals surface area contributed by atoms with Gasteiger partial charge in [0.1, 0.15) is 0 Å². The summed E-state index contributed by atoms with van der Waals surface area (Å²) in [6.45, 7) is 12.0. The molecule has 0 saturated heterocycles. The Balaban J connectivity index is 0. The monoisotopic (exact) mass is 223 g/mol. The molecule has 0 radical (unpaired) electrons. The molecule has 1 heterocycles. The van der Waals surface area contributed by atoms with Crippen LogP contribution in [0.1, 0.15) is 54.4 Å². The molecule has 1 heteroatoms. The van der Waals surface area contributed by atoms with Gasteiger partial charge in [-0.15, -0.1) is 0 Å². The summed E-state index contributed by atoms with van der Waals surface area (Å²) in [5.41, 5.74) is 0. The minimum Gasteiger partial charge on any atom is -0.351 e. The largest absolute Gasteiger partial charge is 0.351 e. The maximum atomic E-state index is 2.30. The first-order valence-corrected chi connectivity index (χ1v) is 6.69. The lowest BCUT2D eigenvalue weighted by Crippen LogP contribution is -2.28. The van der Waals surface area contributed by atoms with Crippen LogP contribution < -0.4 is 10.6 Å². The Kier molecular flexibility index (Phi) is 13.2. The number of aromatic nitrogens is 1. The molecule has 0 atom stereocenters. The van der Waals surface area contributed by atoms with E-state index in [1.165, 1.54) is 23.4 Å². The molecule has 94 valence electrons. The molecule has 1 aromatic rings. The molecule has 0 aliphatic heterocycles. The summed E-state index contributed by atoms with van der Waals surface area (Å²) < 4.78 is 2.17. The fourth-order valence-corrected chi connectivity index (χ4v) is 1.45. The predicted octanol–water partition coefficient (Wildman–Crippen LogP) is 3.46. The van der Waals surface area contributed by atoms with Crippen LogP contribution in [0.25, 0.3) is 12.2 Å². The molecule has 1 nitrogen and oxygen atoms in total. The fraction of sp³-hybridized carbons (Fsp3) is 0.600. The third-order valence-corrected chi connectivity index (χ3v) is 2.02. The Bertz CT molecular complexity index is 344. The van der Waals surface area contributed by atoms with Crippen LogP contribution in [0.15, 0.2) is 12.3 Å². The van der Waals surface area contributed by atoms with Crippen LogP contribution in [0.5, 0.6) is 0 Å².